The minimum atomic E-state index is -4.45. The van der Waals surface area contributed by atoms with Crippen LogP contribution in [0.2, 0.25) is 0 Å². The summed E-state index contributed by atoms with van der Waals surface area (Å²) in [4.78, 5) is 0. The van der Waals surface area contributed by atoms with E-state index in [1.807, 2.05) is 0 Å². The van der Waals surface area contributed by atoms with Gasteiger partial charge in [0, 0.05) is 12.1 Å². The van der Waals surface area contributed by atoms with Crippen molar-refractivity contribution in [1.82, 2.24) is 0 Å². The molecule has 0 heterocycles. The molecule has 0 saturated heterocycles. The van der Waals surface area contributed by atoms with E-state index in [1.54, 1.807) is 0 Å². The molecule has 2 saturated carbocycles. The molecule has 5 N–H and O–H groups in total. The molecule has 6 atom stereocenters. The zero-order chi connectivity index (χ0) is 12.8. The van der Waals surface area contributed by atoms with E-state index in [4.69, 9.17) is 11.5 Å². The van der Waals surface area contributed by atoms with E-state index in [0.29, 0.717) is 6.42 Å². The van der Waals surface area contributed by atoms with Gasteiger partial charge in [-0.25, -0.2) is 8.42 Å². The monoisotopic (exact) mass is 263 g/mol. The molecular weight excluding hydrogens is 244 g/mol. The van der Waals surface area contributed by atoms with E-state index in [1.165, 1.54) is 0 Å². The molecule has 2 rings (SSSR count). The van der Waals surface area contributed by atoms with Gasteiger partial charge in [-0.05, 0) is 37.5 Å². The summed E-state index contributed by atoms with van der Waals surface area (Å²) in [6, 6.07) is -0.930. The fourth-order valence-electron chi connectivity index (χ4n) is 3.32. The maximum Gasteiger partial charge on any atom is 0.0991 e. The van der Waals surface area contributed by atoms with Crippen LogP contribution < -0.4 is 11.5 Å². The van der Waals surface area contributed by atoms with E-state index in [9.17, 15) is 18.1 Å². The van der Waals surface area contributed by atoms with Crippen molar-refractivity contribution in [3.8, 4) is 0 Å². The van der Waals surface area contributed by atoms with Crippen molar-refractivity contribution >= 4 is 10.1 Å². The van der Waals surface area contributed by atoms with Crippen LogP contribution in [0, 0.1) is 11.8 Å². The van der Waals surface area contributed by atoms with Crippen molar-refractivity contribution in [3.05, 3.63) is 0 Å². The number of aliphatic hydroxyl groups excluding tert-OH is 1. The molecule has 2 aliphatic rings. The van der Waals surface area contributed by atoms with E-state index in [-0.39, 0.29) is 24.3 Å². The van der Waals surface area contributed by atoms with Gasteiger partial charge in [-0.2, -0.15) is 0 Å². The summed E-state index contributed by atoms with van der Waals surface area (Å²) in [5.74, 6) is -0.00919. The van der Waals surface area contributed by atoms with Gasteiger partial charge in [0.2, 0.25) is 0 Å². The van der Waals surface area contributed by atoms with Gasteiger partial charge < -0.3 is 21.1 Å². The van der Waals surface area contributed by atoms with Crippen LogP contribution in [0.25, 0.3) is 0 Å². The lowest BCUT2D eigenvalue weighted by atomic mass is 9.66. The summed E-state index contributed by atoms with van der Waals surface area (Å²) in [6.07, 6.45) is 1.57. The van der Waals surface area contributed by atoms with Gasteiger partial charge in [0.05, 0.1) is 21.5 Å². The molecule has 0 aliphatic heterocycles. The molecule has 2 fully saturated rings. The highest BCUT2D eigenvalue weighted by Crippen LogP contribution is 2.41. The molecule has 6 unspecified atom stereocenters. The average Bonchev–Trinajstić information content (AvgIpc) is 2.21. The van der Waals surface area contributed by atoms with Crippen molar-refractivity contribution < 1.29 is 18.1 Å². The highest BCUT2D eigenvalue weighted by atomic mass is 32.2. The first-order valence-corrected chi connectivity index (χ1v) is 7.41. The molecule has 0 spiro atoms. The number of fused-ring (bicyclic) bond motifs is 1. The third kappa shape index (κ3) is 2.48. The molecule has 2 aliphatic carbocycles. The Bertz CT molecular complexity index is 386. The normalized spacial score (nSPS) is 47.5. The Morgan fingerprint density at radius 2 is 1.82 bits per heavy atom. The maximum atomic E-state index is 11.1. The lowest BCUT2D eigenvalue weighted by molar-refractivity contribution is -0.00701. The minimum Gasteiger partial charge on any atom is -0.748 e. The maximum absolute atomic E-state index is 11.1. The number of hydrogen-bond acceptors (Lipinski definition) is 6. The van der Waals surface area contributed by atoms with E-state index >= 15 is 0 Å². The van der Waals surface area contributed by atoms with Crippen LogP contribution in [-0.2, 0) is 10.1 Å². The van der Waals surface area contributed by atoms with Crippen molar-refractivity contribution in [2.75, 3.05) is 0 Å². The second-order valence-corrected chi connectivity index (χ2v) is 6.92. The lowest BCUT2D eigenvalue weighted by Gasteiger charge is -2.47. The smallest absolute Gasteiger partial charge is 0.0991 e. The van der Waals surface area contributed by atoms with E-state index in [2.05, 4.69) is 0 Å². The Morgan fingerprint density at radius 3 is 2.41 bits per heavy atom. The molecule has 6 nitrogen and oxygen atoms in total. The van der Waals surface area contributed by atoms with Crippen LogP contribution in [-0.4, -0.2) is 41.5 Å². The van der Waals surface area contributed by atoms with Crippen LogP contribution in [0.3, 0.4) is 0 Å². The molecule has 0 aromatic heterocycles. The first-order valence-electron chi connectivity index (χ1n) is 5.94. The molecule has 7 heteroatoms. The SMILES string of the molecule is NC1CCC2C(C1)CC(S(=O)(=O)[O-])C(N)C2O. The number of rotatable bonds is 1. The van der Waals surface area contributed by atoms with E-state index < -0.39 is 27.5 Å². The highest BCUT2D eigenvalue weighted by molar-refractivity contribution is 7.86. The topological polar surface area (TPSA) is 129 Å². The molecule has 17 heavy (non-hydrogen) atoms. The summed E-state index contributed by atoms with van der Waals surface area (Å²) in [5.41, 5.74) is 11.5. The Balaban J connectivity index is 2.21. The Hall–Kier alpha value is -0.210. The van der Waals surface area contributed by atoms with Crippen molar-refractivity contribution in [2.24, 2.45) is 23.3 Å². The molecule has 0 radical (unpaired) electrons. The Labute approximate surface area is 101 Å². The van der Waals surface area contributed by atoms with Crippen LogP contribution in [0.5, 0.6) is 0 Å². The average molecular weight is 263 g/mol. The van der Waals surface area contributed by atoms with Crippen molar-refractivity contribution in [2.45, 2.75) is 49.1 Å². The zero-order valence-corrected chi connectivity index (χ0v) is 10.3. The predicted molar refractivity (Wildman–Crippen MR) is 60.9 cm³/mol. The quantitative estimate of drug-likeness (QED) is 0.506. The summed E-state index contributed by atoms with van der Waals surface area (Å²) in [7, 11) is -4.45. The number of aliphatic hydroxyl groups is 1. The van der Waals surface area contributed by atoms with Gasteiger partial charge in [-0.15, -0.1) is 0 Å². The Morgan fingerprint density at radius 1 is 1.18 bits per heavy atom. The third-order valence-electron chi connectivity index (χ3n) is 4.25. The molecule has 100 valence electrons. The predicted octanol–water partition coefficient (Wildman–Crippen LogP) is -1.26. The third-order valence-corrected chi connectivity index (χ3v) is 5.50. The fourth-order valence-corrected chi connectivity index (χ4v) is 4.34. The molecule has 0 bridgehead atoms. The molecule has 0 amide bonds. The number of nitrogens with two attached hydrogens (primary N) is 2. The summed E-state index contributed by atoms with van der Waals surface area (Å²) in [5, 5.41) is 8.85. The number of hydrogen-bond donors (Lipinski definition) is 3. The van der Waals surface area contributed by atoms with Gasteiger partial charge in [0.1, 0.15) is 0 Å². The fraction of sp³-hybridized carbons (Fsp3) is 1.00. The van der Waals surface area contributed by atoms with Gasteiger partial charge in [0.25, 0.3) is 0 Å². The Kier molecular flexibility index (Phi) is 3.48. The van der Waals surface area contributed by atoms with Gasteiger partial charge in [-0.1, -0.05) is 0 Å². The van der Waals surface area contributed by atoms with Crippen LogP contribution in [0.1, 0.15) is 25.7 Å². The second kappa shape index (κ2) is 4.47. The first-order chi connectivity index (χ1) is 7.80. The summed E-state index contributed by atoms with van der Waals surface area (Å²) in [6.45, 7) is 0. The van der Waals surface area contributed by atoms with Crippen LogP contribution >= 0.6 is 0 Å². The molecule has 0 aromatic rings. The van der Waals surface area contributed by atoms with Crippen LogP contribution in [0.15, 0.2) is 0 Å². The standard InChI is InChI=1S/C10H20N2O4S/c11-6-1-2-7-5(3-6)4-8(17(14,15)16)9(12)10(7)13/h5-10,13H,1-4,11-12H2,(H,14,15,16)/p-1. The van der Waals surface area contributed by atoms with Gasteiger partial charge in [0.15, 0.2) is 0 Å². The van der Waals surface area contributed by atoms with Gasteiger partial charge in [-0.3, -0.25) is 0 Å². The van der Waals surface area contributed by atoms with Gasteiger partial charge >= 0.3 is 0 Å². The molecule has 0 aromatic carbocycles. The zero-order valence-electron chi connectivity index (χ0n) is 9.53. The lowest BCUT2D eigenvalue weighted by Crippen LogP contribution is -2.59. The largest absolute Gasteiger partial charge is 0.748 e. The highest BCUT2D eigenvalue weighted by Gasteiger charge is 2.46. The van der Waals surface area contributed by atoms with Crippen molar-refractivity contribution in [1.29, 1.82) is 0 Å². The first kappa shape index (κ1) is 13.2. The second-order valence-electron chi connectivity index (χ2n) is 5.33. The molecular formula is C10H19N2O4S-. The summed E-state index contributed by atoms with van der Waals surface area (Å²) < 4.78 is 33.4. The van der Waals surface area contributed by atoms with Crippen LogP contribution in [0.4, 0.5) is 0 Å². The summed E-state index contributed by atoms with van der Waals surface area (Å²) >= 11 is 0. The van der Waals surface area contributed by atoms with E-state index in [0.717, 1.165) is 12.8 Å². The van der Waals surface area contributed by atoms with Crippen molar-refractivity contribution in [3.63, 3.8) is 0 Å². The minimum absolute atomic E-state index is 0.00211.